The number of nitrogens with zero attached hydrogens (tertiary/aromatic N) is 3. The molecule has 0 amide bonds. The van der Waals surface area contributed by atoms with E-state index < -0.39 is 17.4 Å². The van der Waals surface area contributed by atoms with Gasteiger partial charge >= 0.3 is 0 Å². The van der Waals surface area contributed by atoms with Gasteiger partial charge in [-0.2, -0.15) is 0 Å². The van der Waals surface area contributed by atoms with Crippen molar-refractivity contribution in [1.82, 2.24) is 15.0 Å². The number of nitrogens with one attached hydrogen (secondary N) is 3. The van der Waals surface area contributed by atoms with Crippen LogP contribution in [0.5, 0.6) is 34.5 Å². The molecule has 7 aromatic rings. The van der Waals surface area contributed by atoms with Crippen LogP contribution in [0.1, 0.15) is 101 Å². The molecule has 0 unspecified atom stereocenters. The van der Waals surface area contributed by atoms with Crippen LogP contribution in [0.15, 0.2) is 110 Å². The molecular formula is C57H66N6O6. The lowest BCUT2D eigenvalue weighted by atomic mass is 9.82. The predicted molar refractivity (Wildman–Crippen MR) is 275 cm³/mol. The first kappa shape index (κ1) is 46.1. The molecule has 12 heteroatoms. The molecule has 3 aliphatic rings. The molecular weight excluding hydrogens is 865 g/mol. The highest BCUT2D eigenvalue weighted by molar-refractivity contribution is 6.27. The zero-order valence-electron chi connectivity index (χ0n) is 41.5. The van der Waals surface area contributed by atoms with Crippen molar-refractivity contribution in [2.75, 3.05) is 35.6 Å². The molecule has 10 rings (SSSR count). The number of rotatable bonds is 15. The van der Waals surface area contributed by atoms with E-state index in [1.54, 1.807) is 18.6 Å². The third-order valence-corrected chi connectivity index (χ3v) is 14.2. The standard InChI is InChI=1S/C57H66N6O6/c1-52(2,3)55(22-16-28-61-49-19-10-13-25-58-49)64-43-31-37-38(32-44(43)65-55)40-34-46-48(69-57(67-46,54(7,8)9)24-18-30-63-51-21-12-15-27-60-51)36-42(40)41-35-47-45(33-39(37)41)66-56(68-47,53(4,5)6)23-17-29-62-50-20-11-14-26-59-50/h10-15,19-21,25-27,31-36H,16-18,22-24,28-30H2,1-9H3,(H,58,61)(H,59,62)(H,60,63). The molecule has 360 valence electrons. The second-order valence-electron chi connectivity index (χ2n) is 21.9. The van der Waals surface area contributed by atoms with E-state index in [0.717, 1.165) is 88.7 Å². The zero-order chi connectivity index (χ0) is 48.2. The van der Waals surface area contributed by atoms with E-state index in [-0.39, 0.29) is 16.2 Å². The number of benzene rings is 4. The smallest absolute Gasteiger partial charge is 0.256 e. The van der Waals surface area contributed by atoms with Crippen molar-refractivity contribution in [3.05, 3.63) is 110 Å². The van der Waals surface area contributed by atoms with Crippen LogP contribution in [0.25, 0.3) is 32.3 Å². The maximum absolute atomic E-state index is 7.07. The van der Waals surface area contributed by atoms with Gasteiger partial charge in [0.1, 0.15) is 17.5 Å². The lowest BCUT2D eigenvalue weighted by Gasteiger charge is -2.39. The van der Waals surface area contributed by atoms with Gasteiger partial charge in [0.15, 0.2) is 34.5 Å². The average molecular weight is 931 g/mol. The summed E-state index contributed by atoms with van der Waals surface area (Å²) in [5.41, 5.74) is -1.09. The van der Waals surface area contributed by atoms with E-state index in [1.807, 2.05) is 54.6 Å². The van der Waals surface area contributed by atoms with Crippen molar-refractivity contribution >= 4 is 49.8 Å². The first-order valence-corrected chi connectivity index (χ1v) is 24.6. The second-order valence-corrected chi connectivity index (χ2v) is 21.9. The number of pyridine rings is 3. The summed E-state index contributed by atoms with van der Waals surface area (Å²) in [5, 5.41) is 16.5. The van der Waals surface area contributed by atoms with Crippen molar-refractivity contribution in [2.45, 2.75) is 118 Å². The Morgan fingerprint density at radius 3 is 0.783 bits per heavy atom. The molecule has 0 saturated heterocycles. The van der Waals surface area contributed by atoms with E-state index >= 15 is 0 Å². The van der Waals surface area contributed by atoms with Crippen molar-refractivity contribution in [3.8, 4) is 34.5 Å². The molecule has 3 N–H and O–H groups in total. The van der Waals surface area contributed by atoms with Crippen molar-refractivity contribution in [3.63, 3.8) is 0 Å². The van der Waals surface area contributed by atoms with Crippen LogP contribution in [0.4, 0.5) is 17.5 Å². The van der Waals surface area contributed by atoms with Crippen molar-refractivity contribution < 1.29 is 28.4 Å². The number of ether oxygens (including phenoxy) is 6. The summed E-state index contributed by atoms with van der Waals surface area (Å²) >= 11 is 0. The van der Waals surface area contributed by atoms with Gasteiger partial charge in [0, 0.05) is 73.7 Å². The van der Waals surface area contributed by atoms with Crippen LogP contribution in [-0.2, 0) is 0 Å². The number of hydrogen-bond acceptors (Lipinski definition) is 12. The van der Waals surface area contributed by atoms with Crippen LogP contribution in [0.3, 0.4) is 0 Å². The summed E-state index contributed by atoms with van der Waals surface area (Å²) in [5.74, 6) is 4.10. The Bertz CT molecular complexity index is 2530. The third kappa shape index (κ3) is 8.61. The minimum Gasteiger partial charge on any atom is -0.448 e. The fraction of sp³-hybridized carbons (Fsp3) is 0.421. The fourth-order valence-corrected chi connectivity index (χ4v) is 9.99. The molecule has 0 atom stereocenters. The molecule has 3 aliphatic heterocycles. The number of aromatic nitrogens is 3. The number of hydrogen-bond donors (Lipinski definition) is 3. The van der Waals surface area contributed by atoms with Crippen molar-refractivity contribution in [1.29, 1.82) is 0 Å². The molecule has 0 saturated carbocycles. The summed E-state index contributed by atoms with van der Waals surface area (Å²) in [6.45, 7) is 21.8. The Kier molecular flexibility index (Phi) is 11.6. The average Bonchev–Trinajstić information content (AvgIpc) is 4.02. The normalized spacial score (nSPS) is 20.5. The summed E-state index contributed by atoms with van der Waals surface area (Å²) in [7, 11) is 0. The molecule has 0 radical (unpaired) electrons. The molecule has 69 heavy (non-hydrogen) atoms. The highest BCUT2D eigenvalue weighted by atomic mass is 16.7. The van der Waals surface area contributed by atoms with Gasteiger partial charge in [-0.15, -0.1) is 0 Å². The highest BCUT2D eigenvalue weighted by Gasteiger charge is 2.54. The molecule has 0 aliphatic carbocycles. The lowest BCUT2D eigenvalue weighted by Crippen LogP contribution is -2.50. The quantitative estimate of drug-likeness (QED) is 0.0668. The zero-order valence-corrected chi connectivity index (χ0v) is 41.5. The summed E-state index contributed by atoms with van der Waals surface area (Å²) < 4.78 is 42.4. The number of anilines is 3. The maximum Gasteiger partial charge on any atom is 0.256 e. The van der Waals surface area contributed by atoms with Crippen LogP contribution < -0.4 is 44.4 Å². The predicted octanol–water partition coefficient (Wildman–Crippen LogP) is 13.5. The van der Waals surface area contributed by atoms with Crippen molar-refractivity contribution in [2.24, 2.45) is 16.2 Å². The van der Waals surface area contributed by atoms with Crippen LogP contribution in [0.2, 0.25) is 0 Å². The first-order chi connectivity index (χ1) is 33.0. The van der Waals surface area contributed by atoms with Gasteiger partial charge in [0.25, 0.3) is 17.4 Å². The van der Waals surface area contributed by atoms with Crippen LogP contribution in [0, 0.1) is 16.2 Å². The van der Waals surface area contributed by atoms with E-state index in [1.165, 1.54) is 0 Å². The van der Waals surface area contributed by atoms with E-state index in [2.05, 4.69) is 130 Å². The summed E-state index contributed by atoms with van der Waals surface area (Å²) in [6.07, 6.45) is 9.82. The third-order valence-electron chi connectivity index (χ3n) is 14.2. The minimum absolute atomic E-state index is 0.363. The summed E-state index contributed by atoms with van der Waals surface area (Å²) in [4.78, 5) is 13.3. The molecule has 4 aromatic carbocycles. The Labute approximate surface area is 405 Å². The van der Waals surface area contributed by atoms with Gasteiger partial charge < -0.3 is 44.4 Å². The highest BCUT2D eigenvalue weighted by Crippen LogP contribution is 2.57. The largest absolute Gasteiger partial charge is 0.448 e. The van der Waals surface area contributed by atoms with Gasteiger partial charge in [0.2, 0.25) is 0 Å². The Balaban J connectivity index is 1.04. The Hall–Kier alpha value is -6.69. The molecule has 0 spiro atoms. The first-order valence-electron chi connectivity index (χ1n) is 24.6. The second kappa shape index (κ2) is 17.4. The SMILES string of the molecule is CC(C)(C)C1(CCCNc2ccccn2)Oc2cc3c4cc5c(cc4c4cc6c(cc4c3cc2O1)OC(CCCNc1ccccn1)(C(C)(C)C)O6)OC(CCCNc1ccccn1)(C(C)(C)C)O5. The van der Waals surface area contributed by atoms with E-state index in [4.69, 9.17) is 28.4 Å². The molecule has 3 aromatic heterocycles. The summed E-state index contributed by atoms with van der Waals surface area (Å²) in [6, 6.07) is 30.6. The van der Waals surface area contributed by atoms with Gasteiger partial charge in [-0.1, -0.05) is 80.5 Å². The van der Waals surface area contributed by atoms with E-state index in [9.17, 15) is 0 Å². The molecule has 12 nitrogen and oxygen atoms in total. The molecule has 0 fully saturated rings. The topological polar surface area (TPSA) is 130 Å². The van der Waals surface area contributed by atoms with Gasteiger partial charge in [-0.3, -0.25) is 0 Å². The molecule has 6 heterocycles. The lowest BCUT2D eigenvalue weighted by molar-refractivity contribution is -0.164. The van der Waals surface area contributed by atoms with Gasteiger partial charge in [-0.25, -0.2) is 15.0 Å². The van der Waals surface area contributed by atoms with Crippen LogP contribution >= 0.6 is 0 Å². The van der Waals surface area contributed by atoms with Gasteiger partial charge in [-0.05, 0) is 124 Å². The van der Waals surface area contributed by atoms with Crippen LogP contribution in [-0.4, -0.2) is 51.9 Å². The Morgan fingerprint density at radius 2 is 0.594 bits per heavy atom. The monoisotopic (exact) mass is 931 g/mol. The number of fused-ring (bicyclic) bond motifs is 9. The molecule has 0 bridgehead atoms. The van der Waals surface area contributed by atoms with E-state index in [0.29, 0.717) is 53.8 Å². The maximum atomic E-state index is 7.07. The fourth-order valence-electron chi connectivity index (χ4n) is 9.99. The Morgan fingerprint density at radius 1 is 0.362 bits per heavy atom. The van der Waals surface area contributed by atoms with Gasteiger partial charge in [0.05, 0.1) is 0 Å². The minimum atomic E-state index is -0.907.